The van der Waals surface area contributed by atoms with Gasteiger partial charge in [0.25, 0.3) is 0 Å². The summed E-state index contributed by atoms with van der Waals surface area (Å²) in [6, 6.07) is 3.77. The van der Waals surface area contributed by atoms with Crippen LogP contribution in [0.25, 0.3) is 0 Å². The smallest absolute Gasteiger partial charge is 0.319 e. The van der Waals surface area contributed by atoms with Crippen LogP contribution in [-0.2, 0) is 16.1 Å². The summed E-state index contributed by atoms with van der Waals surface area (Å²) in [7, 11) is 4.62. The van der Waals surface area contributed by atoms with Crippen LogP contribution in [0.5, 0.6) is 11.5 Å². The molecular formula is C14H20BrNO4. The minimum absolute atomic E-state index is 0.245. The van der Waals surface area contributed by atoms with Crippen molar-refractivity contribution in [2.24, 2.45) is 0 Å². The number of hydrogen-bond donors (Lipinski definition) is 0. The molecule has 0 aliphatic carbocycles. The maximum atomic E-state index is 11.4. The van der Waals surface area contributed by atoms with Gasteiger partial charge in [0.15, 0.2) is 0 Å². The van der Waals surface area contributed by atoms with Crippen LogP contribution in [0.15, 0.2) is 16.6 Å². The van der Waals surface area contributed by atoms with Crippen molar-refractivity contribution >= 4 is 21.9 Å². The molecule has 1 aromatic carbocycles. The summed E-state index contributed by atoms with van der Waals surface area (Å²) in [6.07, 6.45) is 0. The van der Waals surface area contributed by atoms with Crippen LogP contribution in [0.2, 0.25) is 0 Å². The van der Waals surface area contributed by atoms with Crippen LogP contribution >= 0.6 is 15.9 Å². The lowest BCUT2D eigenvalue weighted by Crippen LogP contribution is -2.30. The Balaban J connectivity index is 2.96. The average Bonchev–Trinajstić information content (AvgIpc) is 2.47. The van der Waals surface area contributed by atoms with Crippen molar-refractivity contribution < 1.29 is 19.0 Å². The van der Waals surface area contributed by atoms with Gasteiger partial charge in [-0.1, -0.05) is 6.92 Å². The van der Waals surface area contributed by atoms with E-state index in [9.17, 15) is 4.79 Å². The highest BCUT2D eigenvalue weighted by Gasteiger charge is 2.15. The second-order valence-corrected chi connectivity index (χ2v) is 5.03. The Morgan fingerprint density at radius 3 is 2.35 bits per heavy atom. The first-order valence-electron chi connectivity index (χ1n) is 6.25. The molecule has 0 aliphatic rings. The summed E-state index contributed by atoms with van der Waals surface area (Å²) < 4.78 is 16.2. The highest BCUT2D eigenvalue weighted by atomic mass is 79.9. The number of ether oxygens (including phenoxy) is 3. The molecule has 0 radical (unpaired) electrons. The molecule has 0 spiro atoms. The number of halogens is 1. The molecule has 1 rings (SSSR count). The SMILES string of the molecule is CCN(CC(=O)OC)Cc1cc(OC)c(Br)cc1OC. The zero-order chi connectivity index (χ0) is 15.1. The molecule has 1 aromatic rings. The molecule has 112 valence electrons. The number of rotatable bonds is 7. The van der Waals surface area contributed by atoms with Crippen molar-refractivity contribution in [3.8, 4) is 11.5 Å². The third-order valence-corrected chi connectivity index (χ3v) is 3.60. The number of carbonyl (C=O) groups is 1. The largest absolute Gasteiger partial charge is 0.496 e. The van der Waals surface area contributed by atoms with Gasteiger partial charge in [-0.05, 0) is 34.6 Å². The zero-order valence-electron chi connectivity index (χ0n) is 12.2. The molecule has 0 saturated carbocycles. The summed E-state index contributed by atoms with van der Waals surface area (Å²) in [6.45, 7) is 3.55. The maximum Gasteiger partial charge on any atom is 0.319 e. The van der Waals surface area contributed by atoms with E-state index in [1.807, 2.05) is 24.0 Å². The van der Waals surface area contributed by atoms with Crippen molar-refractivity contribution in [1.82, 2.24) is 4.90 Å². The molecule has 0 amide bonds. The van der Waals surface area contributed by atoms with Crippen molar-refractivity contribution in [2.75, 3.05) is 34.4 Å². The molecule has 0 N–H and O–H groups in total. The van der Waals surface area contributed by atoms with Gasteiger partial charge in [-0.2, -0.15) is 0 Å². The summed E-state index contributed by atoms with van der Waals surface area (Å²) in [5.74, 6) is 1.23. The molecule has 0 aromatic heterocycles. The van der Waals surface area contributed by atoms with Crippen molar-refractivity contribution in [3.05, 3.63) is 22.2 Å². The summed E-state index contributed by atoms with van der Waals surface area (Å²) >= 11 is 3.42. The Morgan fingerprint density at radius 2 is 1.85 bits per heavy atom. The summed E-state index contributed by atoms with van der Waals surface area (Å²) in [4.78, 5) is 13.3. The normalized spacial score (nSPS) is 10.5. The Morgan fingerprint density at radius 1 is 1.20 bits per heavy atom. The lowest BCUT2D eigenvalue weighted by molar-refractivity contribution is -0.142. The molecule has 0 saturated heterocycles. The van der Waals surface area contributed by atoms with Gasteiger partial charge in [-0.3, -0.25) is 9.69 Å². The third kappa shape index (κ3) is 4.38. The fourth-order valence-corrected chi connectivity index (χ4v) is 2.30. The zero-order valence-corrected chi connectivity index (χ0v) is 13.8. The predicted molar refractivity (Wildman–Crippen MR) is 80.2 cm³/mol. The van der Waals surface area contributed by atoms with E-state index in [2.05, 4.69) is 15.9 Å². The van der Waals surface area contributed by atoms with E-state index < -0.39 is 0 Å². The Hall–Kier alpha value is -1.27. The van der Waals surface area contributed by atoms with E-state index >= 15 is 0 Å². The molecule has 0 heterocycles. The van der Waals surface area contributed by atoms with Crippen molar-refractivity contribution in [2.45, 2.75) is 13.5 Å². The summed E-state index contributed by atoms with van der Waals surface area (Å²) in [5, 5.41) is 0. The number of methoxy groups -OCH3 is 3. The summed E-state index contributed by atoms with van der Waals surface area (Å²) in [5.41, 5.74) is 0.957. The predicted octanol–water partition coefficient (Wildman–Crippen LogP) is 2.46. The topological polar surface area (TPSA) is 48.0 Å². The highest BCUT2D eigenvalue weighted by molar-refractivity contribution is 9.10. The van der Waals surface area contributed by atoms with Gasteiger partial charge in [0, 0.05) is 12.1 Å². The lowest BCUT2D eigenvalue weighted by atomic mass is 10.1. The van der Waals surface area contributed by atoms with Crippen molar-refractivity contribution in [3.63, 3.8) is 0 Å². The number of benzene rings is 1. The number of carbonyl (C=O) groups excluding carboxylic acids is 1. The van der Waals surface area contributed by atoms with Crippen molar-refractivity contribution in [1.29, 1.82) is 0 Å². The number of esters is 1. The van der Waals surface area contributed by atoms with E-state index in [-0.39, 0.29) is 12.5 Å². The average molecular weight is 346 g/mol. The Labute approximate surface area is 127 Å². The minimum Gasteiger partial charge on any atom is -0.496 e. The number of hydrogen-bond acceptors (Lipinski definition) is 5. The van der Waals surface area contributed by atoms with E-state index in [1.165, 1.54) is 7.11 Å². The van der Waals surface area contributed by atoms with E-state index in [1.54, 1.807) is 14.2 Å². The fourth-order valence-electron chi connectivity index (χ4n) is 1.81. The van der Waals surface area contributed by atoms with Gasteiger partial charge >= 0.3 is 5.97 Å². The second kappa shape index (κ2) is 8.11. The number of likely N-dealkylation sites (N-methyl/N-ethyl adjacent to an activating group) is 1. The number of nitrogens with zero attached hydrogens (tertiary/aromatic N) is 1. The van der Waals surface area contributed by atoms with Crippen LogP contribution in [0.4, 0.5) is 0 Å². The molecule has 6 heteroatoms. The minimum atomic E-state index is -0.255. The van der Waals surface area contributed by atoms with Gasteiger partial charge in [0.2, 0.25) is 0 Å². The van der Waals surface area contributed by atoms with Crippen LogP contribution in [0.3, 0.4) is 0 Å². The second-order valence-electron chi connectivity index (χ2n) is 4.18. The maximum absolute atomic E-state index is 11.4. The molecule has 20 heavy (non-hydrogen) atoms. The van der Waals surface area contributed by atoms with Gasteiger partial charge in [-0.15, -0.1) is 0 Å². The van der Waals surface area contributed by atoms with E-state index in [4.69, 9.17) is 14.2 Å². The fraction of sp³-hybridized carbons (Fsp3) is 0.500. The Bertz CT molecular complexity index is 465. The highest BCUT2D eigenvalue weighted by Crippen LogP contribution is 2.33. The van der Waals surface area contributed by atoms with Crippen LogP contribution in [0, 0.1) is 0 Å². The molecule has 0 atom stereocenters. The standard InChI is InChI=1S/C14H20BrNO4/c1-5-16(9-14(17)20-4)8-10-6-13(19-3)11(15)7-12(10)18-2/h6-7H,5,8-9H2,1-4H3. The first kappa shape index (κ1) is 16.8. The molecule has 0 unspecified atom stereocenters. The van der Waals surface area contributed by atoms with Crippen LogP contribution in [0.1, 0.15) is 12.5 Å². The molecular weight excluding hydrogens is 326 g/mol. The third-order valence-electron chi connectivity index (χ3n) is 2.98. The molecule has 0 bridgehead atoms. The van der Waals surface area contributed by atoms with E-state index in [0.717, 1.165) is 28.1 Å². The van der Waals surface area contributed by atoms with E-state index in [0.29, 0.717) is 6.54 Å². The molecule has 0 aliphatic heterocycles. The van der Waals surface area contributed by atoms with Gasteiger partial charge in [0.1, 0.15) is 11.5 Å². The molecule has 5 nitrogen and oxygen atoms in total. The quantitative estimate of drug-likeness (QED) is 0.710. The Kier molecular flexibility index (Phi) is 6.81. The van der Waals surface area contributed by atoms with Crippen LogP contribution < -0.4 is 9.47 Å². The molecule has 0 fully saturated rings. The van der Waals surface area contributed by atoms with Gasteiger partial charge in [-0.25, -0.2) is 0 Å². The lowest BCUT2D eigenvalue weighted by Gasteiger charge is -2.21. The monoisotopic (exact) mass is 345 g/mol. The van der Waals surface area contributed by atoms with Gasteiger partial charge < -0.3 is 14.2 Å². The first-order valence-corrected chi connectivity index (χ1v) is 7.04. The van der Waals surface area contributed by atoms with Gasteiger partial charge in [0.05, 0.1) is 32.3 Å². The van der Waals surface area contributed by atoms with Crippen LogP contribution in [-0.4, -0.2) is 45.3 Å². The first-order chi connectivity index (χ1) is 9.55.